The fourth-order valence-electron chi connectivity index (χ4n) is 5.09. The van der Waals surface area contributed by atoms with Crippen molar-refractivity contribution in [2.75, 3.05) is 31.0 Å². The average Bonchev–Trinajstić information content (AvgIpc) is 3.41. The summed E-state index contributed by atoms with van der Waals surface area (Å²) in [6.45, 7) is 14.3. The summed E-state index contributed by atoms with van der Waals surface area (Å²) in [6.07, 6.45) is 5.34. The van der Waals surface area contributed by atoms with Crippen LogP contribution in [0, 0.1) is 15.9 Å². The second-order valence-corrected chi connectivity index (χ2v) is 19.3. The molecule has 2 aromatic carbocycles. The van der Waals surface area contributed by atoms with Gasteiger partial charge < -0.3 is 9.16 Å². The van der Waals surface area contributed by atoms with E-state index in [2.05, 4.69) is 53.6 Å². The number of aromatic nitrogens is 3. The summed E-state index contributed by atoms with van der Waals surface area (Å²) in [5.41, 5.74) is 0.124. The number of sulfonamides is 1. The number of nitrogens with one attached hydrogen (secondary N) is 1. The molecule has 46 heavy (non-hydrogen) atoms. The number of ether oxygens (including phenoxy) is 1. The maximum atomic E-state index is 15.1. The molecule has 0 aliphatic carbocycles. The fraction of sp³-hybridized carbons (Fsp3) is 0.419. The summed E-state index contributed by atoms with van der Waals surface area (Å²) < 4.78 is 57.5. The minimum Gasteiger partial charge on any atom is -0.476 e. The number of nitro benzene ring substituents is 1. The first kappa shape index (κ1) is 33.4. The summed E-state index contributed by atoms with van der Waals surface area (Å²) in [5.74, 6) is -0.281. The Labute approximate surface area is 268 Å². The minimum atomic E-state index is -4.35. The van der Waals surface area contributed by atoms with Crippen molar-refractivity contribution >= 4 is 35.4 Å². The number of hydrogen-bond donors (Lipinski definition) is 1. The van der Waals surface area contributed by atoms with Crippen LogP contribution in [0.4, 0.5) is 15.8 Å². The molecule has 12 nitrogen and oxygen atoms in total. The Balaban J connectivity index is 1.25. The maximum Gasteiger partial charge on any atom is 0.289 e. The van der Waals surface area contributed by atoms with E-state index in [1.54, 1.807) is 12.3 Å². The molecular weight excluding hydrogens is 632 g/mol. The number of anilines is 1. The average molecular weight is 671 g/mol. The van der Waals surface area contributed by atoms with Crippen LogP contribution in [0.25, 0.3) is 16.8 Å². The largest absolute Gasteiger partial charge is 0.476 e. The summed E-state index contributed by atoms with van der Waals surface area (Å²) in [5, 5.41) is 15.8. The quantitative estimate of drug-likeness (QED) is 0.114. The van der Waals surface area contributed by atoms with Gasteiger partial charge in [-0.25, -0.2) is 17.3 Å². The number of nitrogens with zero attached hydrogens (tertiary/aromatic N) is 5. The minimum absolute atomic E-state index is 0.0137. The van der Waals surface area contributed by atoms with Gasteiger partial charge in [-0.15, -0.1) is 0 Å². The summed E-state index contributed by atoms with van der Waals surface area (Å²) in [7, 11) is -6.16. The molecule has 2 aromatic heterocycles. The van der Waals surface area contributed by atoms with Crippen LogP contribution in [0.5, 0.6) is 5.88 Å². The van der Waals surface area contributed by atoms with Crippen LogP contribution in [-0.4, -0.2) is 73.5 Å². The number of para-hydroxylation sites is 1. The monoisotopic (exact) mass is 670 g/mol. The van der Waals surface area contributed by atoms with E-state index >= 15 is 4.39 Å². The van der Waals surface area contributed by atoms with Gasteiger partial charge in [0.2, 0.25) is 5.88 Å². The number of halogens is 1. The van der Waals surface area contributed by atoms with Crippen LogP contribution in [0.2, 0.25) is 18.1 Å². The number of fused-ring (bicyclic) bond motifs is 1. The van der Waals surface area contributed by atoms with Gasteiger partial charge in [0.1, 0.15) is 12.4 Å². The Morgan fingerprint density at radius 1 is 1.11 bits per heavy atom. The van der Waals surface area contributed by atoms with Gasteiger partial charge in [0.25, 0.3) is 15.7 Å². The predicted molar refractivity (Wildman–Crippen MR) is 176 cm³/mol. The lowest BCUT2D eigenvalue weighted by atomic mass is 10.1. The SMILES string of the molecule is CC(C)(C)[Si](C)(C)OC1CCN(CCOc2ccn3ncc(-c4cc(NS(=O)(=O)c5ccccc5[N+](=O)[O-])ccc4F)c3n2)CC1. The van der Waals surface area contributed by atoms with Crippen molar-refractivity contribution in [3.8, 4) is 17.0 Å². The van der Waals surface area contributed by atoms with Crippen molar-refractivity contribution < 1.29 is 26.9 Å². The molecule has 0 amide bonds. The molecule has 0 radical (unpaired) electrons. The number of rotatable bonds is 11. The molecule has 0 bridgehead atoms. The highest BCUT2D eigenvalue weighted by atomic mass is 32.2. The first-order valence-electron chi connectivity index (χ1n) is 15.1. The lowest BCUT2D eigenvalue weighted by molar-refractivity contribution is -0.387. The van der Waals surface area contributed by atoms with Gasteiger partial charge in [-0.3, -0.25) is 19.7 Å². The van der Waals surface area contributed by atoms with Crippen LogP contribution >= 0.6 is 0 Å². The van der Waals surface area contributed by atoms with E-state index in [0.29, 0.717) is 23.7 Å². The summed E-state index contributed by atoms with van der Waals surface area (Å²) >= 11 is 0. The number of hydrogen-bond acceptors (Lipinski definition) is 9. The van der Waals surface area contributed by atoms with Gasteiger partial charge in [0.15, 0.2) is 18.9 Å². The van der Waals surface area contributed by atoms with E-state index in [9.17, 15) is 18.5 Å². The molecule has 1 fully saturated rings. The lowest BCUT2D eigenvalue weighted by Crippen LogP contribution is -2.47. The molecule has 0 saturated carbocycles. The zero-order chi connectivity index (χ0) is 33.3. The van der Waals surface area contributed by atoms with E-state index in [4.69, 9.17) is 9.16 Å². The molecule has 0 atom stereocenters. The van der Waals surface area contributed by atoms with Crippen molar-refractivity contribution in [2.24, 2.45) is 0 Å². The van der Waals surface area contributed by atoms with Gasteiger partial charge in [-0.2, -0.15) is 10.1 Å². The molecule has 1 saturated heterocycles. The smallest absolute Gasteiger partial charge is 0.289 e. The highest BCUT2D eigenvalue weighted by molar-refractivity contribution is 7.92. The van der Waals surface area contributed by atoms with Gasteiger partial charge in [0.05, 0.1) is 11.1 Å². The Morgan fingerprint density at radius 3 is 2.52 bits per heavy atom. The second kappa shape index (κ2) is 13.1. The third-order valence-electron chi connectivity index (χ3n) is 8.66. The Morgan fingerprint density at radius 2 is 1.83 bits per heavy atom. The Kier molecular flexibility index (Phi) is 9.49. The molecular formula is C31H39FN6O6SSi. The highest BCUT2D eigenvalue weighted by Gasteiger charge is 2.39. The van der Waals surface area contributed by atoms with Crippen LogP contribution in [0.3, 0.4) is 0 Å². The molecule has 1 aliphatic heterocycles. The Hall–Kier alpha value is -3.92. The number of benzene rings is 2. The van der Waals surface area contributed by atoms with E-state index in [0.717, 1.165) is 50.7 Å². The molecule has 1 N–H and O–H groups in total. The lowest BCUT2D eigenvalue weighted by Gasteiger charge is -2.41. The van der Waals surface area contributed by atoms with E-state index in [1.165, 1.54) is 35.0 Å². The van der Waals surface area contributed by atoms with Gasteiger partial charge in [-0.1, -0.05) is 32.9 Å². The molecule has 1 aliphatic rings. The standard InChI is InChI=1S/C31H39FN6O6SSi/c1-31(2,3)46(4,5)44-23-12-15-36(16-13-23)18-19-43-29-14-17-37-30(34-29)25(21-33-37)24-20-22(10-11-26(24)32)35-45(41,42)28-9-7-6-8-27(28)38(39)40/h6-11,14,17,20-21,23,35H,12-13,15-16,18-19H2,1-5H3. The summed E-state index contributed by atoms with van der Waals surface area (Å²) in [6, 6.07) is 10.3. The third kappa shape index (κ3) is 7.38. The van der Waals surface area contributed by atoms with Gasteiger partial charge in [-0.05, 0) is 55.2 Å². The molecule has 4 aromatic rings. The number of piperidine rings is 1. The van der Waals surface area contributed by atoms with E-state index in [1.807, 2.05) is 0 Å². The van der Waals surface area contributed by atoms with Crippen molar-refractivity contribution in [1.29, 1.82) is 0 Å². The highest BCUT2D eigenvalue weighted by Crippen LogP contribution is 2.38. The van der Waals surface area contributed by atoms with Crippen molar-refractivity contribution in [3.63, 3.8) is 0 Å². The normalized spacial score (nSPS) is 15.3. The summed E-state index contributed by atoms with van der Waals surface area (Å²) in [4.78, 5) is 17.0. The van der Waals surface area contributed by atoms with Crippen LogP contribution in [0.15, 0.2) is 65.8 Å². The third-order valence-corrected chi connectivity index (χ3v) is 14.6. The van der Waals surface area contributed by atoms with Crippen molar-refractivity contribution in [1.82, 2.24) is 19.5 Å². The fourth-order valence-corrected chi connectivity index (χ4v) is 7.73. The topological polar surface area (TPSA) is 141 Å². The van der Waals surface area contributed by atoms with Crippen LogP contribution in [0.1, 0.15) is 33.6 Å². The first-order valence-corrected chi connectivity index (χ1v) is 19.5. The van der Waals surface area contributed by atoms with Crippen molar-refractivity contribution in [3.05, 3.63) is 76.9 Å². The van der Waals surface area contributed by atoms with E-state index < -0.39 is 39.7 Å². The predicted octanol–water partition coefficient (Wildman–Crippen LogP) is 6.11. The molecule has 246 valence electrons. The van der Waals surface area contributed by atoms with E-state index in [-0.39, 0.29) is 22.4 Å². The molecule has 15 heteroatoms. The van der Waals surface area contributed by atoms with Crippen molar-refractivity contribution in [2.45, 2.75) is 62.7 Å². The molecule has 0 spiro atoms. The molecule has 5 rings (SSSR count). The van der Waals surface area contributed by atoms with Gasteiger partial charge in [0, 0.05) is 60.9 Å². The van der Waals surface area contributed by atoms with Crippen LogP contribution in [-0.2, 0) is 14.4 Å². The molecule has 0 unspecified atom stereocenters. The maximum absolute atomic E-state index is 15.1. The first-order chi connectivity index (χ1) is 21.6. The zero-order valence-corrected chi connectivity index (χ0v) is 28.4. The number of nitro groups is 1. The molecule has 3 heterocycles. The zero-order valence-electron chi connectivity index (χ0n) is 26.6. The second-order valence-electron chi connectivity index (χ2n) is 12.9. The van der Waals surface area contributed by atoms with Gasteiger partial charge >= 0.3 is 0 Å². The van der Waals surface area contributed by atoms with Crippen LogP contribution < -0.4 is 9.46 Å². The Bertz CT molecular complexity index is 1840. The number of likely N-dealkylation sites (tertiary alicyclic amines) is 1.